The van der Waals surface area contributed by atoms with Crippen LogP contribution in [0, 0.1) is 13.8 Å². The van der Waals surface area contributed by atoms with Gasteiger partial charge in [0, 0.05) is 52.2 Å². The molecule has 0 N–H and O–H groups in total. The van der Waals surface area contributed by atoms with Crippen molar-refractivity contribution in [3.63, 3.8) is 0 Å². The molecule has 2 atom stereocenters. The SMILES string of the molecule is COc1cc(C)c(S(=O)N(C)CCC(=O)CC(=O)N(C)C2CCN(C3CCN(C)CC3)C2)c(C)c1. The zero-order valence-corrected chi connectivity index (χ0v) is 23.0. The fourth-order valence-electron chi connectivity index (χ4n) is 5.19. The normalized spacial score (nSPS) is 20.8. The molecule has 2 unspecified atom stereocenters. The summed E-state index contributed by atoms with van der Waals surface area (Å²) in [4.78, 5) is 32.8. The van der Waals surface area contributed by atoms with Gasteiger partial charge in [-0.3, -0.25) is 14.5 Å². The fourth-order valence-corrected chi connectivity index (χ4v) is 6.42. The van der Waals surface area contributed by atoms with Gasteiger partial charge in [0.15, 0.2) is 0 Å². The first-order valence-corrected chi connectivity index (χ1v) is 13.7. The molecule has 1 amide bonds. The van der Waals surface area contributed by atoms with Crippen LogP contribution < -0.4 is 4.74 Å². The Bertz CT molecular complexity index is 909. The van der Waals surface area contributed by atoms with E-state index in [9.17, 15) is 13.8 Å². The predicted octanol–water partition coefficient (Wildman–Crippen LogP) is 2.24. The van der Waals surface area contributed by atoms with Gasteiger partial charge < -0.3 is 14.5 Å². The first kappa shape index (κ1) is 27.8. The second kappa shape index (κ2) is 12.4. The molecule has 2 aliphatic heterocycles. The van der Waals surface area contributed by atoms with Crippen LogP contribution in [0.3, 0.4) is 0 Å². The Morgan fingerprint density at radius 3 is 2.31 bits per heavy atom. The first-order valence-electron chi connectivity index (χ1n) is 12.6. The standard InChI is InChI=1S/C26H42N4O4S/c1-19-15-24(34-6)16-20(2)26(19)35(33)28(4)13-10-23(31)17-25(32)29(5)22-9-14-30(18-22)21-7-11-27(3)12-8-21/h15-16,21-22H,7-14,17-18H2,1-6H3. The number of piperidine rings is 1. The first-order chi connectivity index (χ1) is 16.6. The Hall–Kier alpha value is -1.81. The summed E-state index contributed by atoms with van der Waals surface area (Å²) in [5.41, 5.74) is 1.78. The summed E-state index contributed by atoms with van der Waals surface area (Å²) >= 11 is 0. The zero-order valence-electron chi connectivity index (χ0n) is 22.2. The third-order valence-electron chi connectivity index (χ3n) is 7.52. The Morgan fingerprint density at radius 2 is 1.71 bits per heavy atom. The average molecular weight is 507 g/mol. The lowest BCUT2D eigenvalue weighted by molar-refractivity contribution is -0.135. The molecule has 3 rings (SSSR count). The van der Waals surface area contributed by atoms with E-state index in [1.54, 1.807) is 23.4 Å². The molecule has 9 heteroatoms. The van der Waals surface area contributed by atoms with E-state index in [0.717, 1.165) is 54.4 Å². The van der Waals surface area contributed by atoms with Crippen LogP contribution in [0.2, 0.25) is 0 Å². The maximum absolute atomic E-state index is 13.1. The van der Waals surface area contributed by atoms with Crippen LogP contribution in [0.1, 0.15) is 43.2 Å². The van der Waals surface area contributed by atoms with Gasteiger partial charge in [-0.05, 0) is 76.5 Å². The number of ether oxygens (including phenoxy) is 1. The van der Waals surface area contributed by atoms with E-state index in [2.05, 4.69) is 16.8 Å². The summed E-state index contributed by atoms with van der Waals surface area (Å²) < 4.78 is 20.0. The molecule has 196 valence electrons. The van der Waals surface area contributed by atoms with Crippen molar-refractivity contribution in [2.75, 3.05) is 61.0 Å². The minimum atomic E-state index is -1.39. The lowest BCUT2D eigenvalue weighted by Gasteiger charge is -2.35. The van der Waals surface area contributed by atoms with Crippen molar-refractivity contribution >= 4 is 22.7 Å². The van der Waals surface area contributed by atoms with E-state index in [-0.39, 0.29) is 30.6 Å². The van der Waals surface area contributed by atoms with Gasteiger partial charge in [0.05, 0.1) is 18.4 Å². The number of hydrogen-bond donors (Lipinski definition) is 0. The number of Topliss-reactive ketones (excluding diaryl/α,β-unsaturated/α-hetero) is 1. The third-order valence-corrected chi connectivity index (χ3v) is 9.26. The van der Waals surface area contributed by atoms with Crippen molar-refractivity contribution in [3.8, 4) is 5.75 Å². The maximum Gasteiger partial charge on any atom is 0.230 e. The molecule has 2 saturated heterocycles. The quantitative estimate of drug-likeness (QED) is 0.453. The highest BCUT2D eigenvalue weighted by Gasteiger charge is 2.33. The van der Waals surface area contributed by atoms with E-state index in [1.807, 2.05) is 33.0 Å². The molecule has 1 aromatic carbocycles. The van der Waals surface area contributed by atoms with Crippen molar-refractivity contribution in [1.82, 2.24) is 19.0 Å². The summed E-state index contributed by atoms with van der Waals surface area (Å²) in [6.07, 6.45) is 3.43. The van der Waals surface area contributed by atoms with Gasteiger partial charge in [-0.15, -0.1) is 0 Å². The van der Waals surface area contributed by atoms with Crippen LogP contribution in [0.5, 0.6) is 5.75 Å². The predicted molar refractivity (Wildman–Crippen MR) is 139 cm³/mol. The van der Waals surface area contributed by atoms with Gasteiger partial charge in [0.25, 0.3) is 0 Å². The number of ketones is 1. The number of rotatable bonds is 10. The number of carbonyl (C=O) groups excluding carboxylic acids is 2. The second-order valence-corrected chi connectivity index (χ2v) is 11.7. The van der Waals surface area contributed by atoms with Crippen molar-refractivity contribution in [3.05, 3.63) is 23.3 Å². The number of nitrogens with zero attached hydrogens (tertiary/aromatic N) is 4. The number of likely N-dealkylation sites (N-methyl/N-ethyl adjacent to an activating group) is 1. The molecular weight excluding hydrogens is 464 g/mol. The van der Waals surface area contributed by atoms with Gasteiger partial charge >= 0.3 is 0 Å². The fraction of sp³-hybridized carbons (Fsp3) is 0.692. The van der Waals surface area contributed by atoms with E-state index in [0.29, 0.717) is 12.6 Å². The minimum absolute atomic E-state index is 0.0950. The van der Waals surface area contributed by atoms with Gasteiger partial charge in [-0.25, -0.2) is 8.51 Å². The average Bonchev–Trinajstić information content (AvgIpc) is 3.32. The molecule has 0 saturated carbocycles. The van der Waals surface area contributed by atoms with Gasteiger partial charge in [-0.2, -0.15) is 0 Å². The highest BCUT2D eigenvalue weighted by molar-refractivity contribution is 7.82. The van der Waals surface area contributed by atoms with E-state index < -0.39 is 11.0 Å². The minimum Gasteiger partial charge on any atom is -0.497 e. The molecule has 35 heavy (non-hydrogen) atoms. The maximum atomic E-state index is 13.1. The summed E-state index contributed by atoms with van der Waals surface area (Å²) in [5, 5.41) is 0. The second-order valence-electron chi connectivity index (χ2n) is 10.1. The lowest BCUT2D eigenvalue weighted by Crippen LogP contribution is -2.45. The van der Waals surface area contributed by atoms with Crippen LogP contribution in [-0.2, 0) is 20.6 Å². The number of likely N-dealkylation sites (tertiary alicyclic amines) is 2. The third kappa shape index (κ3) is 7.12. The lowest BCUT2D eigenvalue weighted by atomic mass is 10.0. The molecule has 0 aliphatic carbocycles. The Kier molecular flexibility index (Phi) is 9.86. The molecule has 2 fully saturated rings. The molecule has 0 spiro atoms. The highest BCUT2D eigenvalue weighted by atomic mass is 32.2. The molecule has 1 aromatic rings. The molecule has 0 bridgehead atoms. The Balaban J connectivity index is 1.45. The van der Waals surface area contributed by atoms with Crippen LogP contribution >= 0.6 is 0 Å². The van der Waals surface area contributed by atoms with Gasteiger partial charge in [0.1, 0.15) is 22.5 Å². The number of methoxy groups -OCH3 is 1. The van der Waals surface area contributed by atoms with E-state index in [4.69, 9.17) is 4.74 Å². The Morgan fingerprint density at radius 1 is 1.09 bits per heavy atom. The molecule has 0 radical (unpaired) electrons. The highest BCUT2D eigenvalue weighted by Crippen LogP contribution is 2.26. The van der Waals surface area contributed by atoms with Gasteiger partial charge in [-0.1, -0.05) is 0 Å². The summed E-state index contributed by atoms with van der Waals surface area (Å²) in [6, 6.07) is 4.51. The zero-order chi connectivity index (χ0) is 25.7. The number of aryl methyl sites for hydroxylation is 2. The summed E-state index contributed by atoms with van der Waals surface area (Å²) in [7, 11) is 5.97. The van der Waals surface area contributed by atoms with Crippen LogP contribution in [0.4, 0.5) is 0 Å². The molecule has 2 aliphatic rings. The van der Waals surface area contributed by atoms with E-state index in [1.165, 1.54) is 12.8 Å². The van der Waals surface area contributed by atoms with Crippen molar-refractivity contribution < 1.29 is 18.5 Å². The van der Waals surface area contributed by atoms with Crippen LogP contribution in [0.15, 0.2) is 17.0 Å². The monoisotopic (exact) mass is 506 g/mol. The number of benzene rings is 1. The molecule has 2 heterocycles. The van der Waals surface area contributed by atoms with Crippen molar-refractivity contribution in [1.29, 1.82) is 0 Å². The van der Waals surface area contributed by atoms with Crippen LogP contribution in [-0.4, -0.2) is 108 Å². The molecule has 8 nitrogen and oxygen atoms in total. The van der Waals surface area contributed by atoms with Gasteiger partial charge in [0.2, 0.25) is 5.91 Å². The topological polar surface area (TPSA) is 73.4 Å². The molecule has 0 aromatic heterocycles. The molecular formula is C26H42N4O4S. The number of hydrogen-bond acceptors (Lipinski definition) is 6. The van der Waals surface area contributed by atoms with E-state index >= 15 is 0 Å². The van der Waals surface area contributed by atoms with Crippen molar-refractivity contribution in [2.24, 2.45) is 0 Å². The summed E-state index contributed by atoms with van der Waals surface area (Å²) in [6.45, 7) is 8.33. The largest absolute Gasteiger partial charge is 0.497 e. The summed E-state index contributed by atoms with van der Waals surface area (Å²) in [5.74, 6) is 0.507. The number of carbonyl (C=O) groups is 2. The van der Waals surface area contributed by atoms with Crippen LogP contribution in [0.25, 0.3) is 0 Å². The Labute approximate surface area is 213 Å². The number of amides is 1. The van der Waals surface area contributed by atoms with Crippen molar-refractivity contribution in [2.45, 2.75) is 62.9 Å². The smallest absolute Gasteiger partial charge is 0.230 e.